The second-order valence-corrected chi connectivity index (χ2v) is 5.79. The Morgan fingerprint density at radius 1 is 1.40 bits per heavy atom. The van der Waals surface area contributed by atoms with E-state index in [1.165, 1.54) is 5.56 Å². The van der Waals surface area contributed by atoms with Crippen LogP contribution in [0, 0.1) is 0 Å². The molecule has 1 aliphatic heterocycles. The van der Waals surface area contributed by atoms with Crippen molar-refractivity contribution in [2.45, 2.75) is 38.4 Å². The minimum atomic E-state index is -0.744. The Bertz CT molecular complexity index is 435. The van der Waals surface area contributed by atoms with Crippen molar-refractivity contribution >= 4 is 5.97 Å². The van der Waals surface area contributed by atoms with Crippen LogP contribution in [-0.4, -0.2) is 53.1 Å². The van der Waals surface area contributed by atoms with E-state index in [0.717, 1.165) is 25.9 Å². The molecule has 4 heteroatoms. The SMILES string of the molecule is C[C@H]1C[C@H](N(C)CC(=O)O)CCN1Cc1ccccc1. The molecule has 1 saturated heterocycles. The molecule has 1 aliphatic rings. The Morgan fingerprint density at radius 3 is 2.70 bits per heavy atom. The number of piperidine rings is 1. The third-order valence-corrected chi connectivity index (χ3v) is 4.22. The molecule has 0 unspecified atom stereocenters. The summed E-state index contributed by atoms with van der Waals surface area (Å²) in [5.74, 6) is -0.744. The van der Waals surface area contributed by atoms with Crippen molar-refractivity contribution in [3.05, 3.63) is 35.9 Å². The van der Waals surface area contributed by atoms with Gasteiger partial charge in [0.15, 0.2) is 0 Å². The molecule has 0 aliphatic carbocycles. The highest BCUT2D eigenvalue weighted by molar-refractivity contribution is 5.69. The van der Waals surface area contributed by atoms with E-state index in [2.05, 4.69) is 36.1 Å². The summed E-state index contributed by atoms with van der Waals surface area (Å²) in [5.41, 5.74) is 1.34. The maximum absolute atomic E-state index is 10.8. The van der Waals surface area contributed by atoms with Crippen molar-refractivity contribution in [1.82, 2.24) is 9.80 Å². The lowest BCUT2D eigenvalue weighted by Gasteiger charge is -2.40. The summed E-state index contributed by atoms with van der Waals surface area (Å²) in [6.45, 7) is 4.39. The second-order valence-electron chi connectivity index (χ2n) is 5.79. The molecule has 2 rings (SSSR count). The Labute approximate surface area is 121 Å². The van der Waals surface area contributed by atoms with Crippen LogP contribution in [0.3, 0.4) is 0 Å². The fourth-order valence-electron chi connectivity index (χ4n) is 2.99. The van der Waals surface area contributed by atoms with Gasteiger partial charge in [-0.2, -0.15) is 0 Å². The predicted molar refractivity (Wildman–Crippen MR) is 79.6 cm³/mol. The van der Waals surface area contributed by atoms with Crippen LogP contribution in [0.25, 0.3) is 0 Å². The number of hydrogen-bond donors (Lipinski definition) is 1. The number of carbonyl (C=O) groups is 1. The number of likely N-dealkylation sites (tertiary alicyclic amines) is 1. The minimum Gasteiger partial charge on any atom is -0.480 e. The molecule has 0 spiro atoms. The molecule has 0 radical (unpaired) electrons. The summed E-state index contributed by atoms with van der Waals surface area (Å²) in [4.78, 5) is 15.2. The standard InChI is InChI=1S/C16H24N2O2/c1-13-10-15(17(2)12-16(19)20)8-9-18(13)11-14-6-4-3-5-7-14/h3-7,13,15H,8-12H2,1-2H3,(H,19,20)/t13-,15+/m0/s1. The van der Waals surface area contributed by atoms with E-state index in [1.807, 2.05) is 18.0 Å². The van der Waals surface area contributed by atoms with Gasteiger partial charge >= 0.3 is 5.97 Å². The third kappa shape index (κ3) is 4.05. The minimum absolute atomic E-state index is 0.135. The van der Waals surface area contributed by atoms with Crippen molar-refractivity contribution in [2.24, 2.45) is 0 Å². The van der Waals surface area contributed by atoms with E-state index in [4.69, 9.17) is 5.11 Å². The maximum Gasteiger partial charge on any atom is 0.317 e. The third-order valence-electron chi connectivity index (χ3n) is 4.22. The largest absolute Gasteiger partial charge is 0.480 e. The van der Waals surface area contributed by atoms with Crippen molar-refractivity contribution in [1.29, 1.82) is 0 Å². The molecule has 1 aromatic carbocycles. The zero-order valence-corrected chi connectivity index (χ0v) is 12.3. The number of nitrogens with zero attached hydrogens (tertiary/aromatic N) is 2. The second kappa shape index (κ2) is 6.86. The van der Waals surface area contributed by atoms with Crippen molar-refractivity contribution in [3.63, 3.8) is 0 Å². The monoisotopic (exact) mass is 276 g/mol. The average molecular weight is 276 g/mol. The fraction of sp³-hybridized carbons (Fsp3) is 0.562. The summed E-state index contributed by atoms with van der Waals surface area (Å²) >= 11 is 0. The van der Waals surface area contributed by atoms with Crippen LogP contribution in [-0.2, 0) is 11.3 Å². The number of hydrogen-bond acceptors (Lipinski definition) is 3. The summed E-state index contributed by atoms with van der Waals surface area (Å²) in [6, 6.07) is 11.4. The van der Waals surface area contributed by atoms with Crippen LogP contribution in [0.1, 0.15) is 25.3 Å². The van der Waals surface area contributed by atoms with E-state index in [0.29, 0.717) is 12.1 Å². The zero-order chi connectivity index (χ0) is 14.5. The van der Waals surface area contributed by atoms with Gasteiger partial charge in [0.1, 0.15) is 0 Å². The summed E-state index contributed by atoms with van der Waals surface area (Å²) in [6.07, 6.45) is 2.08. The normalized spacial score (nSPS) is 23.9. The quantitative estimate of drug-likeness (QED) is 0.894. The lowest BCUT2D eigenvalue weighted by molar-refractivity contribution is -0.138. The first kappa shape index (κ1) is 15.0. The maximum atomic E-state index is 10.8. The molecule has 1 aromatic rings. The molecular weight excluding hydrogens is 252 g/mol. The first-order chi connectivity index (χ1) is 9.56. The summed E-state index contributed by atoms with van der Waals surface area (Å²) < 4.78 is 0. The first-order valence-electron chi connectivity index (χ1n) is 7.26. The predicted octanol–water partition coefficient (Wildman–Crippen LogP) is 2.06. The van der Waals surface area contributed by atoms with E-state index in [-0.39, 0.29) is 6.54 Å². The van der Waals surface area contributed by atoms with Crippen molar-refractivity contribution in [3.8, 4) is 0 Å². The van der Waals surface area contributed by atoms with E-state index in [9.17, 15) is 4.79 Å². The zero-order valence-electron chi connectivity index (χ0n) is 12.3. The molecule has 0 bridgehead atoms. The van der Waals surface area contributed by atoms with Gasteiger partial charge in [0.25, 0.3) is 0 Å². The average Bonchev–Trinajstić information content (AvgIpc) is 2.41. The number of benzene rings is 1. The van der Waals surface area contributed by atoms with Crippen molar-refractivity contribution < 1.29 is 9.90 Å². The summed E-state index contributed by atoms with van der Waals surface area (Å²) in [7, 11) is 1.92. The molecule has 1 fully saturated rings. The number of carboxylic acids is 1. The van der Waals surface area contributed by atoms with Gasteiger partial charge in [-0.1, -0.05) is 30.3 Å². The molecule has 1 heterocycles. The fourth-order valence-corrected chi connectivity index (χ4v) is 2.99. The van der Waals surface area contributed by atoms with Gasteiger partial charge in [0.05, 0.1) is 6.54 Å². The number of aliphatic carboxylic acids is 1. The van der Waals surface area contributed by atoms with Gasteiger partial charge < -0.3 is 5.11 Å². The van der Waals surface area contributed by atoms with Crippen LogP contribution in [0.4, 0.5) is 0 Å². The Hall–Kier alpha value is -1.39. The van der Waals surface area contributed by atoms with Crippen LogP contribution in [0.5, 0.6) is 0 Å². The molecule has 0 amide bonds. The molecule has 4 nitrogen and oxygen atoms in total. The van der Waals surface area contributed by atoms with Gasteiger partial charge in [-0.15, -0.1) is 0 Å². The highest BCUT2D eigenvalue weighted by atomic mass is 16.4. The van der Waals surface area contributed by atoms with Gasteiger partial charge in [-0.3, -0.25) is 14.6 Å². The van der Waals surface area contributed by atoms with Gasteiger partial charge in [0.2, 0.25) is 0 Å². The molecule has 110 valence electrons. The lowest BCUT2D eigenvalue weighted by Crippen LogP contribution is -2.48. The van der Waals surface area contributed by atoms with Crippen LogP contribution >= 0.6 is 0 Å². The van der Waals surface area contributed by atoms with E-state index in [1.54, 1.807) is 0 Å². The Morgan fingerprint density at radius 2 is 2.10 bits per heavy atom. The highest BCUT2D eigenvalue weighted by Crippen LogP contribution is 2.22. The molecule has 0 saturated carbocycles. The molecular formula is C16H24N2O2. The van der Waals surface area contributed by atoms with Crippen molar-refractivity contribution in [2.75, 3.05) is 20.1 Å². The van der Waals surface area contributed by atoms with E-state index >= 15 is 0 Å². The van der Waals surface area contributed by atoms with Crippen LogP contribution in [0.15, 0.2) is 30.3 Å². The molecule has 1 N–H and O–H groups in total. The molecule has 20 heavy (non-hydrogen) atoms. The smallest absolute Gasteiger partial charge is 0.317 e. The number of rotatable bonds is 5. The van der Waals surface area contributed by atoms with Gasteiger partial charge in [-0.05, 0) is 32.4 Å². The lowest BCUT2D eigenvalue weighted by atomic mass is 9.96. The van der Waals surface area contributed by atoms with Crippen LogP contribution in [0.2, 0.25) is 0 Å². The molecule has 2 atom stereocenters. The first-order valence-corrected chi connectivity index (χ1v) is 7.26. The van der Waals surface area contributed by atoms with Crippen LogP contribution < -0.4 is 0 Å². The summed E-state index contributed by atoms with van der Waals surface area (Å²) in [5, 5.41) is 8.88. The Kier molecular flexibility index (Phi) is 5.15. The Balaban J connectivity index is 1.87. The van der Waals surface area contributed by atoms with Gasteiger partial charge in [-0.25, -0.2) is 0 Å². The number of likely N-dealkylation sites (N-methyl/N-ethyl adjacent to an activating group) is 1. The number of carboxylic acid groups (broad SMARTS) is 1. The topological polar surface area (TPSA) is 43.8 Å². The van der Waals surface area contributed by atoms with Gasteiger partial charge in [0, 0.05) is 25.2 Å². The highest BCUT2D eigenvalue weighted by Gasteiger charge is 2.28. The van der Waals surface area contributed by atoms with E-state index < -0.39 is 5.97 Å². The molecule has 0 aromatic heterocycles.